The van der Waals surface area contributed by atoms with Crippen LogP contribution in [0, 0.1) is 23.7 Å². The zero-order valence-corrected chi connectivity index (χ0v) is 22.4. The topological polar surface area (TPSA) is 57.7 Å². The van der Waals surface area contributed by atoms with Crippen molar-refractivity contribution in [1.29, 1.82) is 0 Å². The van der Waals surface area contributed by atoms with E-state index in [0.29, 0.717) is 15.6 Å². The number of benzene rings is 2. The van der Waals surface area contributed by atoms with E-state index in [1.165, 1.54) is 5.01 Å². The van der Waals surface area contributed by atoms with Crippen molar-refractivity contribution >= 4 is 84.4 Å². The van der Waals surface area contributed by atoms with Crippen molar-refractivity contribution in [2.45, 2.75) is 22.6 Å². The number of hydrazine groups is 1. The molecule has 0 aromatic heterocycles. The molecule has 5 nitrogen and oxygen atoms in total. The number of nitrogens with zero attached hydrogens (tertiary/aromatic N) is 2. The molecule has 2 aliphatic carbocycles. The minimum atomic E-state index is -0.536. The molecular formula is C23H17Br2Cl3N2O3. The number of carbonyl (C=O) groups excluding carboxylic acids is 3. The molecule has 1 saturated heterocycles. The van der Waals surface area contributed by atoms with E-state index in [2.05, 4.69) is 31.9 Å². The number of halogens is 5. The Morgan fingerprint density at radius 1 is 0.909 bits per heavy atom. The van der Waals surface area contributed by atoms with Crippen molar-refractivity contribution in [2.24, 2.45) is 23.7 Å². The van der Waals surface area contributed by atoms with Crippen LogP contribution in [0.5, 0.6) is 0 Å². The summed E-state index contributed by atoms with van der Waals surface area (Å²) in [4.78, 5) is 41.1. The first-order valence-electron chi connectivity index (χ1n) is 10.4. The number of imide groups is 1. The summed E-state index contributed by atoms with van der Waals surface area (Å²) in [7, 11) is 0. The van der Waals surface area contributed by atoms with Gasteiger partial charge in [-0.2, -0.15) is 5.01 Å². The van der Waals surface area contributed by atoms with E-state index >= 15 is 0 Å². The summed E-state index contributed by atoms with van der Waals surface area (Å²) in [5.74, 6) is -2.05. The van der Waals surface area contributed by atoms with E-state index in [9.17, 15) is 14.4 Å². The Hall–Kier alpha value is -1.12. The van der Waals surface area contributed by atoms with Crippen LogP contribution >= 0.6 is 66.7 Å². The molecule has 1 heterocycles. The van der Waals surface area contributed by atoms with Gasteiger partial charge in [0.15, 0.2) is 0 Å². The zero-order valence-electron chi connectivity index (χ0n) is 16.9. The average Bonchev–Trinajstić information content (AvgIpc) is 3.39. The Labute approximate surface area is 222 Å². The van der Waals surface area contributed by atoms with Crippen LogP contribution in [0.2, 0.25) is 15.1 Å². The van der Waals surface area contributed by atoms with Crippen molar-refractivity contribution in [1.82, 2.24) is 10.0 Å². The van der Waals surface area contributed by atoms with E-state index in [4.69, 9.17) is 34.8 Å². The minimum Gasteiger partial charge on any atom is -0.272 e. The minimum absolute atomic E-state index is 0.0352. The highest BCUT2D eigenvalue weighted by Gasteiger charge is 2.67. The van der Waals surface area contributed by atoms with Gasteiger partial charge < -0.3 is 0 Å². The molecule has 0 unspecified atom stereocenters. The van der Waals surface area contributed by atoms with Crippen LogP contribution in [-0.4, -0.2) is 37.4 Å². The Kier molecular flexibility index (Phi) is 6.32. The first kappa shape index (κ1) is 23.6. The predicted molar refractivity (Wildman–Crippen MR) is 134 cm³/mol. The Morgan fingerprint density at radius 3 is 2.09 bits per heavy atom. The second-order valence-corrected chi connectivity index (χ2v) is 11.9. The Bertz CT molecular complexity index is 1150. The molecule has 2 saturated carbocycles. The van der Waals surface area contributed by atoms with Gasteiger partial charge in [0.2, 0.25) is 0 Å². The van der Waals surface area contributed by atoms with Crippen molar-refractivity contribution < 1.29 is 14.4 Å². The third kappa shape index (κ3) is 3.75. The van der Waals surface area contributed by atoms with Crippen molar-refractivity contribution in [3.05, 3.63) is 68.7 Å². The van der Waals surface area contributed by atoms with Gasteiger partial charge in [-0.1, -0.05) is 84.9 Å². The molecular weight excluding hydrogens is 618 g/mol. The molecule has 1 aliphatic heterocycles. The first-order valence-corrected chi connectivity index (χ1v) is 13.3. The van der Waals surface area contributed by atoms with E-state index in [-0.39, 0.29) is 50.4 Å². The summed E-state index contributed by atoms with van der Waals surface area (Å²) < 4.78 is 0. The highest BCUT2D eigenvalue weighted by Crippen LogP contribution is 2.60. The summed E-state index contributed by atoms with van der Waals surface area (Å²) >= 11 is 25.9. The van der Waals surface area contributed by atoms with Gasteiger partial charge >= 0.3 is 0 Å². The molecule has 10 heteroatoms. The van der Waals surface area contributed by atoms with Gasteiger partial charge in [0, 0.05) is 9.65 Å². The Balaban J connectivity index is 1.55. The molecule has 172 valence electrons. The molecule has 0 radical (unpaired) electrons. The SMILES string of the molecule is O=C(c1ccccc1Cl)N(Cc1ccc(Cl)c(Cl)c1)N1C(=O)[C@@H]2[C@H]3C[C@@H]([C@H](Br)[C@@H]3Br)[C@@H]2C1=O. The summed E-state index contributed by atoms with van der Waals surface area (Å²) in [6.07, 6.45) is 0.803. The molecule has 3 amide bonds. The molecule has 3 aliphatic rings. The number of rotatable bonds is 4. The van der Waals surface area contributed by atoms with Crippen molar-refractivity contribution in [3.63, 3.8) is 0 Å². The lowest BCUT2D eigenvalue weighted by atomic mass is 9.81. The van der Waals surface area contributed by atoms with Crippen LogP contribution < -0.4 is 0 Å². The van der Waals surface area contributed by atoms with Crippen LogP contribution in [0.4, 0.5) is 0 Å². The van der Waals surface area contributed by atoms with Crippen LogP contribution in [0.15, 0.2) is 42.5 Å². The van der Waals surface area contributed by atoms with Crippen LogP contribution in [0.3, 0.4) is 0 Å². The molecule has 2 aromatic rings. The van der Waals surface area contributed by atoms with E-state index < -0.39 is 17.7 Å². The van der Waals surface area contributed by atoms with Gasteiger partial charge in [-0.25, -0.2) is 5.01 Å². The normalized spacial score (nSPS) is 30.2. The predicted octanol–water partition coefficient (Wildman–Crippen LogP) is 5.98. The summed E-state index contributed by atoms with van der Waals surface area (Å²) in [5.41, 5.74) is 0.832. The molecule has 2 aromatic carbocycles. The number of carbonyl (C=O) groups is 3. The second-order valence-electron chi connectivity index (χ2n) is 8.58. The quantitative estimate of drug-likeness (QED) is 0.307. The fourth-order valence-electron chi connectivity index (χ4n) is 5.39. The average molecular weight is 636 g/mol. The fourth-order valence-corrected chi connectivity index (χ4v) is 7.80. The molecule has 3 fully saturated rings. The maximum absolute atomic E-state index is 13.6. The third-order valence-electron chi connectivity index (χ3n) is 6.86. The summed E-state index contributed by atoms with van der Waals surface area (Å²) in [5, 5.41) is 3.15. The van der Waals surface area contributed by atoms with Gasteiger partial charge in [0.25, 0.3) is 17.7 Å². The lowest BCUT2D eigenvalue weighted by molar-refractivity contribution is -0.156. The van der Waals surface area contributed by atoms with Gasteiger partial charge in [-0.05, 0) is 48.1 Å². The van der Waals surface area contributed by atoms with Crippen LogP contribution in [-0.2, 0) is 16.1 Å². The van der Waals surface area contributed by atoms with Gasteiger partial charge in [0.1, 0.15) is 0 Å². The number of alkyl halides is 2. The van der Waals surface area contributed by atoms with E-state index in [0.717, 1.165) is 11.4 Å². The lowest BCUT2D eigenvalue weighted by Crippen LogP contribution is -2.50. The lowest BCUT2D eigenvalue weighted by Gasteiger charge is -2.31. The Morgan fingerprint density at radius 2 is 1.52 bits per heavy atom. The molecule has 33 heavy (non-hydrogen) atoms. The highest BCUT2D eigenvalue weighted by atomic mass is 79.9. The monoisotopic (exact) mass is 632 g/mol. The van der Waals surface area contributed by atoms with Gasteiger partial charge in [-0.15, -0.1) is 0 Å². The molecule has 5 rings (SSSR count). The van der Waals surface area contributed by atoms with Crippen molar-refractivity contribution in [2.75, 3.05) is 0 Å². The molecule has 6 atom stereocenters. The largest absolute Gasteiger partial charge is 0.274 e. The van der Waals surface area contributed by atoms with Crippen molar-refractivity contribution in [3.8, 4) is 0 Å². The summed E-state index contributed by atoms with van der Waals surface area (Å²) in [6, 6.07) is 11.5. The molecule has 0 N–H and O–H groups in total. The fraction of sp³-hybridized carbons (Fsp3) is 0.348. The van der Waals surface area contributed by atoms with Gasteiger partial charge in [-0.3, -0.25) is 14.4 Å². The number of hydrogen-bond acceptors (Lipinski definition) is 3. The second kappa shape index (κ2) is 8.83. The van der Waals surface area contributed by atoms with Crippen LogP contribution in [0.1, 0.15) is 22.3 Å². The third-order valence-corrected chi connectivity index (χ3v) is 11.1. The highest BCUT2D eigenvalue weighted by molar-refractivity contribution is 9.12. The smallest absolute Gasteiger partial charge is 0.272 e. The maximum Gasteiger partial charge on any atom is 0.274 e. The summed E-state index contributed by atoms with van der Waals surface area (Å²) in [6.45, 7) is -0.0390. The molecule has 0 spiro atoms. The standard InChI is InChI=1S/C23H17Br2Cl3N2O3/c24-19-12-8-13(20(19)25)18-17(12)22(32)30(23(18)33)29(9-10-5-6-15(27)16(28)7-10)21(31)11-3-1-2-4-14(11)26/h1-7,12-13,17-20H,8-9H2/t12-,13-,17-,18+,19-,20+/m1/s1. The maximum atomic E-state index is 13.6. The first-order chi connectivity index (χ1) is 15.7. The van der Waals surface area contributed by atoms with E-state index in [1.54, 1.807) is 42.5 Å². The van der Waals surface area contributed by atoms with Crippen LogP contribution in [0.25, 0.3) is 0 Å². The molecule has 2 bridgehead atoms. The zero-order chi connectivity index (χ0) is 23.6. The number of amides is 3. The number of hydrogen-bond donors (Lipinski definition) is 0. The van der Waals surface area contributed by atoms with Gasteiger partial charge in [0.05, 0.1) is 39.0 Å². The number of fused-ring (bicyclic) bond motifs is 5. The van der Waals surface area contributed by atoms with E-state index in [1.807, 2.05) is 0 Å².